The molecule has 0 radical (unpaired) electrons. The fourth-order valence-corrected chi connectivity index (χ4v) is 2.78. The molecule has 0 aliphatic heterocycles. The van der Waals surface area contributed by atoms with Crippen LogP contribution in [0.1, 0.15) is 46.2 Å². The number of hydrogen-bond donors (Lipinski definition) is 3. The maximum atomic E-state index is 12.1. The summed E-state index contributed by atoms with van der Waals surface area (Å²) in [6.07, 6.45) is -0.268. The number of nitrogens with one attached hydrogen (secondary N) is 2. The van der Waals surface area contributed by atoms with Crippen molar-refractivity contribution in [1.82, 2.24) is 15.3 Å². The molecule has 0 saturated carbocycles. The predicted molar refractivity (Wildman–Crippen MR) is 85.2 cm³/mol. The molecule has 3 N–H and O–H groups in total. The molecule has 6 nitrogen and oxygen atoms in total. The van der Waals surface area contributed by atoms with E-state index in [1.165, 1.54) is 11.3 Å². The fraction of sp³-hybridized carbons (Fsp3) is 0.400. The third-order valence-electron chi connectivity index (χ3n) is 3.38. The molecule has 0 spiro atoms. The van der Waals surface area contributed by atoms with E-state index in [1.54, 1.807) is 20.8 Å². The molecule has 2 atom stereocenters. The van der Waals surface area contributed by atoms with Gasteiger partial charge in [-0.15, -0.1) is 11.3 Å². The van der Waals surface area contributed by atoms with E-state index < -0.39 is 17.6 Å². The lowest BCUT2D eigenvalue weighted by Gasteiger charge is -2.17. The molecule has 7 heteroatoms. The standard InChI is InChI=1S/C15H19N3O3S/c1-8(7-11(19)12-5-4-6-22-12)16-14(20)13-15(21)18-10(3)9(2)17-13/h4-6,8,11,19H,7H2,1-3H3,(H,16,20)(H,18,21). The van der Waals surface area contributed by atoms with Crippen LogP contribution in [0.4, 0.5) is 0 Å². The quantitative estimate of drug-likeness (QED) is 0.781. The summed E-state index contributed by atoms with van der Waals surface area (Å²) < 4.78 is 0. The van der Waals surface area contributed by atoms with Crippen molar-refractivity contribution in [2.24, 2.45) is 0 Å². The van der Waals surface area contributed by atoms with Crippen molar-refractivity contribution in [3.8, 4) is 0 Å². The second kappa shape index (κ2) is 6.85. The first kappa shape index (κ1) is 16.4. The number of aryl methyl sites for hydroxylation is 2. The second-order valence-corrected chi connectivity index (χ2v) is 6.25. The Balaban J connectivity index is 2.02. The Morgan fingerprint density at radius 3 is 2.86 bits per heavy atom. The average Bonchev–Trinajstić information content (AvgIpc) is 2.96. The molecular formula is C15H19N3O3S. The number of aromatic amines is 1. The zero-order valence-electron chi connectivity index (χ0n) is 12.7. The van der Waals surface area contributed by atoms with Gasteiger partial charge < -0.3 is 15.4 Å². The zero-order valence-corrected chi connectivity index (χ0v) is 13.5. The number of aliphatic hydroxyl groups is 1. The van der Waals surface area contributed by atoms with E-state index in [2.05, 4.69) is 15.3 Å². The van der Waals surface area contributed by atoms with E-state index in [0.29, 0.717) is 17.8 Å². The number of thiophene rings is 1. The van der Waals surface area contributed by atoms with Gasteiger partial charge in [0.15, 0.2) is 5.69 Å². The SMILES string of the molecule is Cc1nc(C(=O)NC(C)CC(O)c2cccs2)c(=O)[nH]c1C. The van der Waals surface area contributed by atoms with E-state index in [-0.39, 0.29) is 11.7 Å². The Bertz CT molecular complexity index is 709. The Kier molecular flexibility index (Phi) is 5.10. The molecule has 0 aliphatic carbocycles. The maximum absolute atomic E-state index is 12.1. The molecule has 1 amide bonds. The summed E-state index contributed by atoms with van der Waals surface area (Å²) >= 11 is 1.46. The first-order valence-electron chi connectivity index (χ1n) is 6.98. The van der Waals surface area contributed by atoms with E-state index in [9.17, 15) is 14.7 Å². The number of hydrogen-bond acceptors (Lipinski definition) is 5. The van der Waals surface area contributed by atoms with E-state index >= 15 is 0 Å². The van der Waals surface area contributed by atoms with Gasteiger partial charge in [0, 0.05) is 16.6 Å². The topological polar surface area (TPSA) is 95.1 Å². The summed E-state index contributed by atoms with van der Waals surface area (Å²) in [5.74, 6) is -0.532. The molecule has 118 valence electrons. The van der Waals surface area contributed by atoms with Crippen LogP contribution in [0.25, 0.3) is 0 Å². The Morgan fingerprint density at radius 2 is 2.23 bits per heavy atom. The van der Waals surface area contributed by atoms with Gasteiger partial charge in [0.1, 0.15) is 0 Å². The predicted octanol–water partition coefficient (Wildman–Crippen LogP) is 1.69. The summed E-state index contributed by atoms with van der Waals surface area (Å²) in [4.78, 5) is 31.4. The summed E-state index contributed by atoms with van der Waals surface area (Å²) in [5, 5.41) is 14.7. The van der Waals surface area contributed by atoms with Gasteiger partial charge in [-0.3, -0.25) is 9.59 Å². The molecule has 0 aliphatic rings. The van der Waals surface area contributed by atoms with Crippen LogP contribution in [-0.2, 0) is 0 Å². The van der Waals surface area contributed by atoms with Gasteiger partial charge in [-0.2, -0.15) is 0 Å². The zero-order chi connectivity index (χ0) is 16.3. The van der Waals surface area contributed by atoms with Crippen molar-refractivity contribution in [2.45, 2.75) is 39.3 Å². The Hall–Kier alpha value is -1.99. The summed E-state index contributed by atoms with van der Waals surface area (Å²) in [6, 6.07) is 3.43. The highest BCUT2D eigenvalue weighted by atomic mass is 32.1. The number of carbonyl (C=O) groups excluding carboxylic acids is 1. The Labute approximate surface area is 132 Å². The van der Waals surface area contributed by atoms with Crippen LogP contribution in [0.15, 0.2) is 22.3 Å². The van der Waals surface area contributed by atoms with Crippen LogP contribution in [0.5, 0.6) is 0 Å². The fourth-order valence-electron chi connectivity index (χ4n) is 2.06. The highest BCUT2D eigenvalue weighted by Crippen LogP contribution is 2.22. The number of amides is 1. The number of nitrogens with zero attached hydrogens (tertiary/aromatic N) is 1. The lowest BCUT2D eigenvalue weighted by molar-refractivity contribution is 0.0911. The van der Waals surface area contributed by atoms with E-state index in [1.807, 2.05) is 17.5 Å². The number of aliphatic hydroxyl groups excluding tert-OH is 1. The minimum Gasteiger partial charge on any atom is -0.387 e. The third kappa shape index (κ3) is 3.80. The highest BCUT2D eigenvalue weighted by molar-refractivity contribution is 7.10. The summed E-state index contributed by atoms with van der Waals surface area (Å²) in [5.41, 5.74) is 0.589. The molecule has 0 bridgehead atoms. The Morgan fingerprint density at radius 1 is 1.50 bits per heavy atom. The van der Waals surface area contributed by atoms with Crippen molar-refractivity contribution in [3.63, 3.8) is 0 Å². The molecule has 0 saturated heterocycles. The molecule has 2 heterocycles. The van der Waals surface area contributed by atoms with Crippen molar-refractivity contribution >= 4 is 17.2 Å². The van der Waals surface area contributed by atoms with Crippen LogP contribution in [0, 0.1) is 13.8 Å². The molecule has 2 aromatic heterocycles. The number of H-pyrrole nitrogens is 1. The molecule has 22 heavy (non-hydrogen) atoms. The summed E-state index contributed by atoms with van der Waals surface area (Å²) in [6.45, 7) is 5.24. The van der Waals surface area contributed by atoms with Gasteiger partial charge >= 0.3 is 0 Å². The minimum atomic E-state index is -0.638. The number of carbonyl (C=O) groups is 1. The van der Waals surface area contributed by atoms with Crippen LogP contribution >= 0.6 is 11.3 Å². The second-order valence-electron chi connectivity index (χ2n) is 5.27. The van der Waals surface area contributed by atoms with Crippen LogP contribution < -0.4 is 10.9 Å². The van der Waals surface area contributed by atoms with Crippen LogP contribution in [0.2, 0.25) is 0 Å². The number of rotatable bonds is 5. The molecule has 2 rings (SSSR count). The molecule has 2 unspecified atom stereocenters. The first-order valence-corrected chi connectivity index (χ1v) is 7.86. The van der Waals surface area contributed by atoms with Gasteiger partial charge in [-0.1, -0.05) is 6.07 Å². The van der Waals surface area contributed by atoms with Gasteiger partial charge in [-0.05, 0) is 38.6 Å². The van der Waals surface area contributed by atoms with Gasteiger partial charge in [0.05, 0.1) is 11.8 Å². The normalized spacial score (nSPS) is 13.6. The lowest BCUT2D eigenvalue weighted by atomic mass is 10.1. The van der Waals surface area contributed by atoms with Crippen LogP contribution in [0.3, 0.4) is 0 Å². The van der Waals surface area contributed by atoms with Gasteiger partial charge in [0.2, 0.25) is 0 Å². The maximum Gasteiger partial charge on any atom is 0.279 e. The number of aromatic nitrogens is 2. The first-order chi connectivity index (χ1) is 10.4. The van der Waals surface area contributed by atoms with Crippen molar-refractivity contribution < 1.29 is 9.90 Å². The van der Waals surface area contributed by atoms with Crippen molar-refractivity contribution in [3.05, 3.63) is 49.8 Å². The lowest BCUT2D eigenvalue weighted by Crippen LogP contribution is -2.38. The molecule has 0 fully saturated rings. The van der Waals surface area contributed by atoms with Crippen molar-refractivity contribution in [2.75, 3.05) is 0 Å². The van der Waals surface area contributed by atoms with E-state index in [4.69, 9.17) is 0 Å². The van der Waals surface area contributed by atoms with Crippen molar-refractivity contribution in [1.29, 1.82) is 0 Å². The minimum absolute atomic E-state index is 0.152. The smallest absolute Gasteiger partial charge is 0.279 e. The van der Waals surface area contributed by atoms with Gasteiger partial charge in [-0.25, -0.2) is 4.98 Å². The molecule has 0 aromatic carbocycles. The van der Waals surface area contributed by atoms with E-state index in [0.717, 1.165) is 4.88 Å². The monoisotopic (exact) mass is 321 g/mol. The third-order valence-corrected chi connectivity index (χ3v) is 4.35. The molecule has 2 aromatic rings. The average molecular weight is 321 g/mol. The molecular weight excluding hydrogens is 302 g/mol. The largest absolute Gasteiger partial charge is 0.387 e. The summed E-state index contributed by atoms with van der Waals surface area (Å²) in [7, 11) is 0. The van der Waals surface area contributed by atoms with Crippen LogP contribution in [-0.4, -0.2) is 27.0 Å². The highest BCUT2D eigenvalue weighted by Gasteiger charge is 2.19. The van der Waals surface area contributed by atoms with Gasteiger partial charge in [0.25, 0.3) is 11.5 Å².